The van der Waals surface area contributed by atoms with Gasteiger partial charge < -0.3 is 10.3 Å². The van der Waals surface area contributed by atoms with E-state index in [2.05, 4.69) is 20.3 Å². The summed E-state index contributed by atoms with van der Waals surface area (Å²) in [5.74, 6) is 0.112. The first-order valence-electron chi connectivity index (χ1n) is 7.36. The Bertz CT molecular complexity index is 776. The molecule has 0 radical (unpaired) electrons. The first kappa shape index (κ1) is 14.3. The molecule has 1 aromatic carbocycles. The van der Waals surface area contributed by atoms with Crippen LogP contribution in [0.1, 0.15) is 41.3 Å². The van der Waals surface area contributed by atoms with E-state index in [1.165, 1.54) is 0 Å². The van der Waals surface area contributed by atoms with Gasteiger partial charge in [0.25, 0.3) is 5.91 Å². The number of H-pyrrole nitrogens is 1. The molecule has 3 aromatic rings. The minimum absolute atomic E-state index is 0.123. The largest absolute Gasteiger partial charge is 0.341 e. The normalized spacial score (nSPS) is 12.3. The maximum absolute atomic E-state index is 12.4. The van der Waals surface area contributed by atoms with Gasteiger partial charge in [-0.3, -0.25) is 9.78 Å². The number of carbonyl (C=O) groups is 1. The highest BCUT2D eigenvalue weighted by Gasteiger charge is 2.19. The molecule has 0 aliphatic carbocycles. The fourth-order valence-electron chi connectivity index (χ4n) is 2.51. The lowest BCUT2D eigenvalue weighted by Crippen LogP contribution is -2.30. The molecule has 0 spiro atoms. The number of fused-ring (bicyclic) bond motifs is 1. The van der Waals surface area contributed by atoms with Crippen LogP contribution < -0.4 is 5.32 Å². The van der Waals surface area contributed by atoms with Crippen molar-refractivity contribution in [3.05, 3.63) is 59.7 Å². The number of carbonyl (C=O) groups excluding carboxylic acids is 1. The van der Waals surface area contributed by atoms with Crippen LogP contribution in [0.2, 0.25) is 0 Å². The van der Waals surface area contributed by atoms with Gasteiger partial charge in [0.05, 0.1) is 22.8 Å². The van der Waals surface area contributed by atoms with Crippen molar-refractivity contribution in [1.29, 1.82) is 0 Å². The molecule has 5 nitrogen and oxygen atoms in total. The fraction of sp³-hybridized carbons (Fsp3) is 0.235. The summed E-state index contributed by atoms with van der Waals surface area (Å²) in [5, 5.41) is 3.01. The van der Waals surface area contributed by atoms with Gasteiger partial charge in [0.2, 0.25) is 0 Å². The van der Waals surface area contributed by atoms with E-state index in [1.807, 2.05) is 50.2 Å². The zero-order valence-corrected chi connectivity index (χ0v) is 12.6. The smallest absolute Gasteiger partial charge is 0.287 e. The lowest BCUT2D eigenvalue weighted by Gasteiger charge is -2.17. The Morgan fingerprint density at radius 1 is 1.27 bits per heavy atom. The van der Waals surface area contributed by atoms with Gasteiger partial charge in [-0.1, -0.05) is 25.1 Å². The summed E-state index contributed by atoms with van der Waals surface area (Å²) in [7, 11) is 0. The van der Waals surface area contributed by atoms with E-state index in [9.17, 15) is 4.79 Å². The van der Waals surface area contributed by atoms with E-state index < -0.39 is 0 Å². The minimum Gasteiger partial charge on any atom is -0.341 e. The molecule has 5 heteroatoms. The summed E-state index contributed by atoms with van der Waals surface area (Å²) in [5.41, 5.74) is 3.61. The molecule has 0 aliphatic rings. The molecule has 0 aliphatic heterocycles. The molecule has 1 amide bonds. The molecule has 0 bridgehead atoms. The molecule has 2 N–H and O–H groups in total. The third kappa shape index (κ3) is 2.70. The topological polar surface area (TPSA) is 70.7 Å². The van der Waals surface area contributed by atoms with Crippen molar-refractivity contribution in [2.24, 2.45) is 0 Å². The van der Waals surface area contributed by atoms with Crippen molar-refractivity contribution in [3.8, 4) is 0 Å². The van der Waals surface area contributed by atoms with Crippen molar-refractivity contribution in [1.82, 2.24) is 20.3 Å². The van der Waals surface area contributed by atoms with E-state index >= 15 is 0 Å². The van der Waals surface area contributed by atoms with Gasteiger partial charge in [-0.15, -0.1) is 0 Å². The molecule has 3 rings (SSSR count). The Hall–Kier alpha value is -2.69. The number of pyridine rings is 1. The van der Waals surface area contributed by atoms with Crippen molar-refractivity contribution in [2.45, 2.75) is 26.3 Å². The van der Waals surface area contributed by atoms with Crippen LogP contribution in [0.15, 0.2) is 42.6 Å². The first-order chi connectivity index (χ1) is 10.7. The number of hydrogen-bond acceptors (Lipinski definition) is 3. The minimum atomic E-state index is -0.215. The predicted molar refractivity (Wildman–Crippen MR) is 85.6 cm³/mol. The third-order valence-corrected chi connectivity index (χ3v) is 3.70. The monoisotopic (exact) mass is 294 g/mol. The number of aryl methyl sites for hydroxylation is 1. The number of para-hydroxylation sites is 2. The van der Waals surface area contributed by atoms with Gasteiger partial charge in [0.1, 0.15) is 0 Å². The van der Waals surface area contributed by atoms with Crippen LogP contribution in [0.5, 0.6) is 0 Å². The number of aromatic nitrogens is 3. The molecule has 2 heterocycles. The second kappa shape index (κ2) is 5.97. The van der Waals surface area contributed by atoms with Gasteiger partial charge in [0, 0.05) is 6.20 Å². The van der Waals surface area contributed by atoms with Crippen LogP contribution in [0.4, 0.5) is 0 Å². The summed E-state index contributed by atoms with van der Waals surface area (Å²) in [4.78, 5) is 24.2. The number of rotatable bonds is 4. The summed E-state index contributed by atoms with van der Waals surface area (Å²) in [6, 6.07) is 11.4. The quantitative estimate of drug-likeness (QED) is 0.776. The second-order valence-electron chi connectivity index (χ2n) is 5.24. The zero-order valence-electron chi connectivity index (χ0n) is 12.6. The molecule has 0 saturated carbocycles. The Morgan fingerprint density at radius 3 is 2.82 bits per heavy atom. The van der Waals surface area contributed by atoms with Crippen LogP contribution in [0.3, 0.4) is 0 Å². The highest BCUT2D eigenvalue weighted by atomic mass is 16.2. The average Bonchev–Trinajstić information content (AvgIpc) is 2.97. The molecule has 0 saturated heterocycles. The zero-order chi connectivity index (χ0) is 15.5. The maximum Gasteiger partial charge on any atom is 0.287 e. The standard InChI is InChI=1S/C17H18N4O/c1-3-12(15-11(2)7-6-10-18-15)21-17(22)16-19-13-8-4-5-9-14(13)20-16/h4-10,12H,3H2,1-2H3,(H,19,20)(H,21,22). The van der Waals surface area contributed by atoms with E-state index in [0.29, 0.717) is 5.82 Å². The van der Waals surface area contributed by atoms with Gasteiger partial charge in [-0.05, 0) is 37.1 Å². The first-order valence-corrected chi connectivity index (χ1v) is 7.36. The molecule has 1 unspecified atom stereocenters. The van der Waals surface area contributed by atoms with Crippen LogP contribution in [0.25, 0.3) is 11.0 Å². The fourth-order valence-corrected chi connectivity index (χ4v) is 2.51. The lowest BCUT2D eigenvalue weighted by atomic mass is 10.1. The van der Waals surface area contributed by atoms with Crippen LogP contribution >= 0.6 is 0 Å². The molecule has 112 valence electrons. The van der Waals surface area contributed by atoms with Gasteiger partial charge in [0.15, 0.2) is 5.82 Å². The summed E-state index contributed by atoms with van der Waals surface area (Å²) >= 11 is 0. The number of imidazole rings is 1. The van der Waals surface area contributed by atoms with Crippen molar-refractivity contribution in [2.75, 3.05) is 0 Å². The van der Waals surface area contributed by atoms with E-state index in [4.69, 9.17) is 0 Å². The van der Waals surface area contributed by atoms with Gasteiger partial charge >= 0.3 is 0 Å². The van der Waals surface area contributed by atoms with E-state index in [1.54, 1.807) is 6.20 Å². The van der Waals surface area contributed by atoms with Gasteiger partial charge in [-0.2, -0.15) is 0 Å². The number of hydrogen-bond donors (Lipinski definition) is 2. The summed E-state index contributed by atoms with van der Waals surface area (Å²) in [6.45, 7) is 4.02. The molecular weight excluding hydrogens is 276 g/mol. The highest BCUT2D eigenvalue weighted by Crippen LogP contribution is 2.18. The van der Waals surface area contributed by atoms with Crippen molar-refractivity contribution < 1.29 is 4.79 Å². The molecule has 1 atom stereocenters. The summed E-state index contributed by atoms with van der Waals surface area (Å²) < 4.78 is 0. The number of nitrogens with zero attached hydrogens (tertiary/aromatic N) is 2. The number of amides is 1. The second-order valence-corrected chi connectivity index (χ2v) is 5.24. The van der Waals surface area contributed by atoms with E-state index in [0.717, 1.165) is 28.7 Å². The van der Waals surface area contributed by atoms with Crippen LogP contribution in [-0.4, -0.2) is 20.9 Å². The maximum atomic E-state index is 12.4. The Kier molecular flexibility index (Phi) is 3.87. The molecular formula is C17H18N4O. The number of benzene rings is 1. The number of nitrogens with one attached hydrogen (secondary N) is 2. The van der Waals surface area contributed by atoms with Gasteiger partial charge in [-0.25, -0.2) is 4.98 Å². The van der Waals surface area contributed by atoms with Crippen molar-refractivity contribution in [3.63, 3.8) is 0 Å². The Morgan fingerprint density at radius 2 is 2.09 bits per heavy atom. The predicted octanol–water partition coefficient (Wildman–Crippen LogP) is 3.15. The molecule has 0 fully saturated rings. The van der Waals surface area contributed by atoms with Crippen molar-refractivity contribution >= 4 is 16.9 Å². The number of aromatic amines is 1. The SMILES string of the molecule is CCC(NC(=O)c1nc2ccccc2[nH]1)c1ncccc1C. The summed E-state index contributed by atoms with van der Waals surface area (Å²) in [6.07, 6.45) is 2.52. The van der Waals surface area contributed by atoms with Crippen LogP contribution in [0, 0.1) is 6.92 Å². The van der Waals surface area contributed by atoms with E-state index in [-0.39, 0.29) is 11.9 Å². The lowest BCUT2D eigenvalue weighted by molar-refractivity contribution is 0.0925. The Labute approximate surface area is 128 Å². The molecule has 22 heavy (non-hydrogen) atoms. The molecule has 2 aromatic heterocycles. The third-order valence-electron chi connectivity index (χ3n) is 3.70. The van der Waals surface area contributed by atoms with Crippen LogP contribution in [-0.2, 0) is 0 Å². The average molecular weight is 294 g/mol. The Balaban J connectivity index is 1.84. The highest BCUT2D eigenvalue weighted by molar-refractivity contribution is 5.94.